The second-order valence-corrected chi connectivity index (χ2v) is 10.4. The van der Waals surface area contributed by atoms with Crippen molar-refractivity contribution in [1.82, 2.24) is 14.9 Å². The number of hydrogen-bond donors (Lipinski definition) is 1. The lowest BCUT2D eigenvalue weighted by molar-refractivity contribution is 0.0447. The Morgan fingerprint density at radius 3 is 2.81 bits per heavy atom. The van der Waals surface area contributed by atoms with Gasteiger partial charge in [-0.3, -0.25) is 4.90 Å². The first kappa shape index (κ1) is 22.2. The van der Waals surface area contributed by atoms with E-state index in [9.17, 15) is 18.3 Å². The van der Waals surface area contributed by atoms with E-state index in [1.807, 2.05) is 4.90 Å². The maximum Gasteiger partial charge on any atom is 0.319 e. The van der Waals surface area contributed by atoms with Gasteiger partial charge in [0.2, 0.25) is 0 Å². The summed E-state index contributed by atoms with van der Waals surface area (Å²) in [5.74, 6) is -1.26. The topological polar surface area (TPSA) is 61.7 Å². The molecule has 0 radical (unpaired) electrons. The average Bonchev–Trinajstić information content (AvgIpc) is 3.25. The molecule has 0 saturated carbocycles. The predicted molar refractivity (Wildman–Crippen MR) is 118 cm³/mol. The van der Waals surface area contributed by atoms with Crippen LogP contribution in [-0.4, -0.2) is 70.1 Å². The second kappa shape index (κ2) is 7.99. The molecule has 1 aromatic carbocycles. The van der Waals surface area contributed by atoms with Crippen molar-refractivity contribution in [3.8, 4) is 6.01 Å². The van der Waals surface area contributed by atoms with E-state index in [-0.39, 0.29) is 34.5 Å². The van der Waals surface area contributed by atoms with E-state index in [4.69, 9.17) is 4.74 Å². The summed E-state index contributed by atoms with van der Waals surface area (Å²) < 4.78 is 49.1. The van der Waals surface area contributed by atoms with Crippen molar-refractivity contribution in [3.05, 3.63) is 22.2 Å². The van der Waals surface area contributed by atoms with Crippen molar-refractivity contribution in [2.75, 3.05) is 37.7 Å². The molecule has 3 aliphatic rings. The van der Waals surface area contributed by atoms with Gasteiger partial charge in [-0.05, 0) is 61.1 Å². The fourth-order valence-electron chi connectivity index (χ4n) is 5.49. The van der Waals surface area contributed by atoms with E-state index in [0.717, 1.165) is 19.4 Å². The number of piperidine rings is 1. The standard InChI is InChI=1S/C22H26BrF3N4O2/c1-21(31)4-2-6-29(11-21)19-14-8-15(25)16(23)17(26)18(14)27-20(28-19)32-12-22-5-3-7-30(22)10-13(24)9-22/h8,13,31H,2-7,9-12H2,1H3/t13-,21-,22+/m1/s1. The number of nitrogens with zero attached hydrogens (tertiary/aromatic N) is 4. The fraction of sp³-hybridized carbons (Fsp3) is 0.636. The molecule has 3 atom stereocenters. The Kier molecular flexibility index (Phi) is 5.53. The molecule has 0 spiro atoms. The number of β-amino-alcohol motifs (C(OH)–C–C–N with tert-alkyl or cyclic N) is 1. The van der Waals surface area contributed by atoms with E-state index in [2.05, 4.69) is 30.8 Å². The van der Waals surface area contributed by atoms with Gasteiger partial charge in [0, 0.05) is 31.4 Å². The van der Waals surface area contributed by atoms with Crippen LogP contribution in [0.1, 0.15) is 39.0 Å². The molecule has 0 aliphatic carbocycles. The Hall–Kier alpha value is -1.65. The summed E-state index contributed by atoms with van der Waals surface area (Å²) in [4.78, 5) is 12.7. The minimum absolute atomic E-state index is 0.0290. The van der Waals surface area contributed by atoms with Gasteiger partial charge in [-0.15, -0.1) is 0 Å². The van der Waals surface area contributed by atoms with Crippen LogP contribution in [0, 0.1) is 11.6 Å². The van der Waals surface area contributed by atoms with Crippen LogP contribution in [0.5, 0.6) is 6.01 Å². The van der Waals surface area contributed by atoms with Gasteiger partial charge in [-0.1, -0.05) is 0 Å². The van der Waals surface area contributed by atoms with Gasteiger partial charge in [-0.25, -0.2) is 13.2 Å². The largest absolute Gasteiger partial charge is 0.461 e. The smallest absolute Gasteiger partial charge is 0.319 e. The zero-order valence-electron chi connectivity index (χ0n) is 17.9. The van der Waals surface area contributed by atoms with Crippen LogP contribution in [0.2, 0.25) is 0 Å². The summed E-state index contributed by atoms with van der Waals surface area (Å²) in [6, 6.07) is 1.17. The molecular formula is C22H26BrF3N4O2. The Morgan fingerprint density at radius 2 is 2.03 bits per heavy atom. The maximum atomic E-state index is 15.0. The van der Waals surface area contributed by atoms with Crippen LogP contribution in [0.4, 0.5) is 19.0 Å². The Balaban J connectivity index is 1.53. The molecule has 3 aliphatic heterocycles. The summed E-state index contributed by atoms with van der Waals surface area (Å²) >= 11 is 2.95. The van der Waals surface area contributed by atoms with E-state index in [1.165, 1.54) is 6.07 Å². The number of fused-ring (bicyclic) bond motifs is 2. The van der Waals surface area contributed by atoms with Crippen molar-refractivity contribution in [2.45, 2.75) is 56.3 Å². The summed E-state index contributed by atoms with van der Waals surface area (Å²) in [5, 5.41) is 10.8. The number of rotatable bonds is 4. The monoisotopic (exact) mass is 514 g/mol. The second-order valence-electron chi connectivity index (χ2n) is 9.60. The Morgan fingerprint density at radius 1 is 1.25 bits per heavy atom. The first-order valence-electron chi connectivity index (χ1n) is 11.0. The van der Waals surface area contributed by atoms with Crippen LogP contribution in [-0.2, 0) is 0 Å². The third kappa shape index (κ3) is 3.84. The quantitative estimate of drug-likeness (QED) is 0.622. The predicted octanol–water partition coefficient (Wildman–Crippen LogP) is 3.98. The number of alkyl halides is 1. The maximum absolute atomic E-state index is 15.0. The molecule has 1 aromatic heterocycles. The van der Waals surface area contributed by atoms with Gasteiger partial charge in [0.15, 0.2) is 5.82 Å². The summed E-state index contributed by atoms with van der Waals surface area (Å²) in [7, 11) is 0. The number of aromatic nitrogens is 2. The molecule has 2 aromatic rings. The number of benzene rings is 1. The molecule has 1 N–H and O–H groups in total. The molecule has 32 heavy (non-hydrogen) atoms. The molecule has 0 unspecified atom stereocenters. The highest BCUT2D eigenvalue weighted by atomic mass is 79.9. The highest BCUT2D eigenvalue weighted by Crippen LogP contribution is 2.41. The van der Waals surface area contributed by atoms with Gasteiger partial charge in [0.05, 0.1) is 15.6 Å². The van der Waals surface area contributed by atoms with E-state index < -0.39 is 28.9 Å². The van der Waals surface area contributed by atoms with Gasteiger partial charge >= 0.3 is 6.01 Å². The van der Waals surface area contributed by atoms with Crippen LogP contribution < -0.4 is 9.64 Å². The minimum Gasteiger partial charge on any atom is -0.461 e. The lowest BCUT2D eigenvalue weighted by Gasteiger charge is -2.38. The zero-order valence-corrected chi connectivity index (χ0v) is 19.5. The van der Waals surface area contributed by atoms with Crippen molar-refractivity contribution in [3.63, 3.8) is 0 Å². The summed E-state index contributed by atoms with van der Waals surface area (Å²) in [5.41, 5.74) is -1.39. The van der Waals surface area contributed by atoms with E-state index >= 15 is 0 Å². The molecule has 3 fully saturated rings. The lowest BCUT2D eigenvalue weighted by Crippen LogP contribution is -2.46. The first-order chi connectivity index (χ1) is 15.2. The number of halogens is 4. The van der Waals surface area contributed by atoms with Crippen molar-refractivity contribution >= 4 is 32.7 Å². The third-order valence-electron chi connectivity index (χ3n) is 6.99. The first-order valence-corrected chi connectivity index (χ1v) is 11.8. The summed E-state index contributed by atoms with van der Waals surface area (Å²) in [6.45, 7) is 4.04. The van der Waals surface area contributed by atoms with Crippen molar-refractivity contribution < 1.29 is 23.0 Å². The molecule has 174 valence electrons. The zero-order chi connectivity index (χ0) is 22.7. The van der Waals surface area contributed by atoms with E-state index in [0.29, 0.717) is 38.2 Å². The third-order valence-corrected chi connectivity index (χ3v) is 7.72. The molecule has 6 nitrogen and oxygen atoms in total. The normalized spacial score (nSPS) is 30.8. The number of ether oxygens (including phenoxy) is 1. The number of anilines is 1. The van der Waals surface area contributed by atoms with Crippen molar-refractivity contribution in [2.24, 2.45) is 0 Å². The number of aliphatic hydroxyl groups is 1. The van der Waals surface area contributed by atoms with E-state index in [1.54, 1.807) is 6.92 Å². The molecule has 5 rings (SSSR count). The van der Waals surface area contributed by atoms with Gasteiger partial charge in [0.25, 0.3) is 0 Å². The molecule has 0 amide bonds. The van der Waals surface area contributed by atoms with Crippen LogP contribution in [0.3, 0.4) is 0 Å². The molecule has 0 bridgehead atoms. The number of hydrogen-bond acceptors (Lipinski definition) is 6. The van der Waals surface area contributed by atoms with Gasteiger partial charge < -0.3 is 14.7 Å². The fourth-order valence-corrected chi connectivity index (χ4v) is 5.79. The molecule has 3 saturated heterocycles. The Labute approximate surface area is 192 Å². The van der Waals surface area contributed by atoms with Crippen LogP contribution in [0.25, 0.3) is 10.9 Å². The van der Waals surface area contributed by atoms with Gasteiger partial charge in [-0.2, -0.15) is 9.97 Å². The molecule has 4 heterocycles. The average molecular weight is 515 g/mol. The highest BCUT2D eigenvalue weighted by molar-refractivity contribution is 9.10. The molecular weight excluding hydrogens is 489 g/mol. The SMILES string of the molecule is C[C@@]1(O)CCCN(c2nc(OC[C@@]34CCCN3C[C@H](F)C4)nc3c(F)c(Br)c(F)cc23)C1. The Bertz CT molecular complexity index is 1060. The lowest BCUT2D eigenvalue weighted by atomic mass is 9.95. The highest BCUT2D eigenvalue weighted by Gasteiger charge is 2.49. The molecule has 10 heteroatoms. The summed E-state index contributed by atoms with van der Waals surface area (Å²) in [6.07, 6.45) is 2.66. The minimum atomic E-state index is -0.938. The van der Waals surface area contributed by atoms with Gasteiger partial charge in [0.1, 0.15) is 29.9 Å². The van der Waals surface area contributed by atoms with Crippen LogP contribution in [0.15, 0.2) is 10.5 Å². The van der Waals surface area contributed by atoms with Crippen LogP contribution >= 0.6 is 15.9 Å². The van der Waals surface area contributed by atoms with Crippen molar-refractivity contribution in [1.29, 1.82) is 0 Å².